The van der Waals surface area contributed by atoms with Crippen LogP contribution >= 0.6 is 0 Å². The fourth-order valence-electron chi connectivity index (χ4n) is 1.62. The molecule has 0 atom stereocenters. The lowest BCUT2D eigenvalue weighted by Crippen LogP contribution is -2.22. The Hall–Kier alpha value is -1.17. The van der Waals surface area contributed by atoms with E-state index in [1.54, 1.807) is 13.2 Å². The zero-order valence-corrected chi connectivity index (χ0v) is 12.4. The highest BCUT2D eigenvalue weighted by Gasteiger charge is 2.10. The van der Waals surface area contributed by atoms with Crippen LogP contribution in [-0.2, 0) is 16.0 Å². The monoisotopic (exact) mass is 285 g/mol. The minimum Gasteiger partial charge on any atom is -0.488 e. The summed E-state index contributed by atoms with van der Waals surface area (Å²) in [5, 5.41) is 3.25. The van der Waals surface area contributed by atoms with Crippen molar-refractivity contribution in [2.24, 2.45) is 0 Å². The van der Waals surface area contributed by atoms with Crippen LogP contribution in [0, 0.1) is 5.82 Å². The van der Waals surface area contributed by atoms with Gasteiger partial charge in [0.05, 0.1) is 19.8 Å². The minimum atomic E-state index is -0.343. The second-order valence-electron chi connectivity index (χ2n) is 4.72. The maximum absolute atomic E-state index is 13.8. The van der Waals surface area contributed by atoms with Crippen molar-refractivity contribution in [1.29, 1.82) is 0 Å². The van der Waals surface area contributed by atoms with Gasteiger partial charge >= 0.3 is 0 Å². The molecule has 1 aromatic carbocycles. The smallest absolute Gasteiger partial charge is 0.165 e. The maximum atomic E-state index is 13.8. The fourth-order valence-corrected chi connectivity index (χ4v) is 1.62. The molecule has 0 aromatic heterocycles. The Morgan fingerprint density at radius 1 is 1.15 bits per heavy atom. The van der Waals surface area contributed by atoms with Crippen LogP contribution in [0.2, 0.25) is 0 Å². The van der Waals surface area contributed by atoms with E-state index in [1.165, 1.54) is 6.07 Å². The molecule has 1 rings (SSSR count). The van der Waals surface area contributed by atoms with Gasteiger partial charge in [-0.1, -0.05) is 26.0 Å². The predicted molar refractivity (Wildman–Crippen MR) is 76.6 cm³/mol. The highest BCUT2D eigenvalue weighted by atomic mass is 19.1. The first kappa shape index (κ1) is 16.9. The van der Waals surface area contributed by atoms with Gasteiger partial charge in [-0.3, -0.25) is 0 Å². The fraction of sp³-hybridized carbons (Fsp3) is 0.600. The van der Waals surface area contributed by atoms with Gasteiger partial charge in [0.1, 0.15) is 6.61 Å². The summed E-state index contributed by atoms with van der Waals surface area (Å²) >= 11 is 0. The number of para-hydroxylation sites is 1. The van der Waals surface area contributed by atoms with Gasteiger partial charge in [0.2, 0.25) is 0 Å². The van der Waals surface area contributed by atoms with Crippen LogP contribution in [-0.4, -0.2) is 39.6 Å². The van der Waals surface area contributed by atoms with E-state index in [4.69, 9.17) is 14.2 Å². The van der Waals surface area contributed by atoms with Crippen molar-refractivity contribution in [3.63, 3.8) is 0 Å². The third kappa shape index (κ3) is 6.32. The highest BCUT2D eigenvalue weighted by Crippen LogP contribution is 2.22. The molecular formula is C15H24FNO3. The van der Waals surface area contributed by atoms with Crippen molar-refractivity contribution in [1.82, 2.24) is 5.32 Å². The minimum absolute atomic E-state index is 0.302. The molecule has 0 aliphatic heterocycles. The Labute approximate surface area is 120 Å². The number of methoxy groups -OCH3 is 1. The van der Waals surface area contributed by atoms with Crippen molar-refractivity contribution < 1.29 is 18.6 Å². The first-order valence-electron chi connectivity index (χ1n) is 6.85. The average Bonchev–Trinajstić information content (AvgIpc) is 2.42. The van der Waals surface area contributed by atoms with E-state index < -0.39 is 0 Å². The number of halogens is 1. The Morgan fingerprint density at radius 3 is 2.60 bits per heavy atom. The van der Waals surface area contributed by atoms with E-state index >= 15 is 0 Å². The molecule has 0 fully saturated rings. The Morgan fingerprint density at radius 2 is 1.90 bits per heavy atom. The van der Waals surface area contributed by atoms with Crippen LogP contribution in [0.25, 0.3) is 0 Å². The van der Waals surface area contributed by atoms with Crippen LogP contribution < -0.4 is 10.1 Å². The zero-order chi connectivity index (χ0) is 14.8. The van der Waals surface area contributed by atoms with Gasteiger partial charge in [-0.25, -0.2) is 4.39 Å². The van der Waals surface area contributed by atoms with Crippen LogP contribution in [0.3, 0.4) is 0 Å². The summed E-state index contributed by atoms with van der Waals surface area (Å²) in [6.07, 6.45) is 0. The molecule has 0 amide bonds. The molecule has 0 bridgehead atoms. The molecule has 0 unspecified atom stereocenters. The van der Waals surface area contributed by atoms with Crippen LogP contribution in [0.4, 0.5) is 4.39 Å². The summed E-state index contributed by atoms with van der Waals surface area (Å²) in [7, 11) is 1.62. The Bertz CT molecular complexity index is 385. The lowest BCUT2D eigenvalue weighted by atomic mass is 10.2. The summed E-state index contributed by atoms with van der Waals surface area (Å²) in [6, 6.07) is 5.29. The second kappa shape index (κ2) is 9.69. The largest absolute Gasteiger partial charge is 0.488 e. The van der Waals surface area contributed by atoms with Crippen LogP contribution in [0.5, 0.6) is 5.75 Å². The van der Waals surface area contributed by atoms with E-state index in [9.17, 15) is 4.39 Å². The third-order valence-electron chi connectivity index (χ3n) is 2.66. The van der Waals surface area contributed by atoms with Crippen molar-refractivity contribution >= 4 is 0 Å². The van der Waals surface area contributed by atoms with Gasteiger partial charge in [-0.05, 0) is 6.07 Å². The molecule has 1 N–H and O–H groups in total. The molecule has 0 heterocycles. The first-order valence-corrected chi connectivity index (χ1v) is 6.85. The van der Waals surface area contributed by atoms with E-state index in [0.29, 0.717) is 44.8 Å². The molecule has 0 radical (unpaired) electrons. The normalized spacial score (nSPS) is 11.1. The third-order valence-corrected chi connectivity index (χ3v) is 2.66. The average molecular weight is 285 g/mol. The summed E-state index contributed by atoms with van der Waals surface area (Å²) in [5.41, 5.74) is 0.815. The molecule has 1 aromatic rings. The molecule has 0 saturated carbocycles. The second-order valence-corrected chi connectivity index (χ2v) is 4.72. The maximum Gasteiger partial charge on any atom is 0.165 e. The van der Waals surface area contributed by atoms with Gasteiger partial charge in [-0.2, -0.15) is 0 Å². The van der Waals surface area contributed by atoms with Crippen LogP contribution in [0.15, 0.2) is 18.2 Å². The molecule has 4 nitrogen and oxygen atoms in total. The Kier molecular flexibility index (Phi) is 8.18. The van der Waals surface area contributed by atoms with Crippen molar-refractivity contribution in [3.8, 4) is 5.75 Å². The van der Waals surface area contributed by atoms with Gasteiger partial charge in [-0.15, -0.1) is 0 Å². The number of benzene rings is 1. The molecule has 0 aliphatic carbocycles. The molecule has 20 heavy (non-hydrogen) atoms. The number of hydrogen-bond acceptors (Lipinski definition) is 4. The van der Waals surface area contributed by atoms with E-state index in [-0.39, 0.29) is 5.82 Å². The molecular weight excluding hydrogens is 261 g/mol. The molecule has 0 saturated heterocycles. The van der Waals surface area contributed by atoms with E-state index in [1.807, 2.05) is 19.9 Å². The highest BCUT2D eigenvalue weighted by molar-refractivity contribution is 5.34. The van der Waals surface area contributed by atoms with Gasteiger partial charge in [0.25, 0.3) is 0 Å². The summed E-state index contributed by atoms with van der Waals surface area (Å²) in [5.74, 6) is -0.0408. The van der Waals surface area contributed by atoms with E-state index in [2.05, 4.69) is 5.32 Å². The van der Waals surface area contributed by atoms with Crippen molar-refractivity contribution in [3.05, 3.63) is 29.6 Å². The van der Waals surface area contributed by atoms with Gasteiger partial charge < -0.3 is 19.5 Å². The summed E-state index contributed by atoms with van der Waals surface area (Å²) < 4.78 is 29.4. The molecule has 5 heteroatoms. The van der Waals surface area contributed by atoms with Crippen molar-refractivity contribution in [2.45, 2.75) is 26.4 Å². The van der Waals surface area contributed by atoms with Crippen molar-refractivity contribution in [2.75, 3.05) is 33.5 Å². The number of hydrogen-bond donors (Lipinski definition) is 1. The summed E-state index contributed by atoms with van der Waals surface area (Å²) in [6.45, 7) is 6.46. The lowest BCUT2D eigenvalue weighted by molar-refractivity contribution is 0.0536. The molecule has 0 spiro atoms. The number of rotatable bonds is 10. The number of ether oxygens (including phenoxy) is 3. The molecule has 114 valence electrons. The zero-order valence-electron chi connectivity index (χ0n) is 12.4. The van der Waals surface area contributed by atoms with Gasteiger partial charge in [0.15, 0.2) is 11.6 Å². The molecule has 0 aliphatic rings. The standard InChI is InChI=1S/C15H24FNO3/c1-12(2)17-11-13-5-4-6-14(16)15(13)20-10-9-19-8-7-18-3/h4-6,12,17H,7-11H2,1-3H3. The topological polar surface area (TPSA) is 39.7 Å². The predicted octanol–water partition coefficient (Wildman–Crippen LogP) is 2.37. The quantitative estimate of drug-likeness (QED) is 0.670. The SMILES string of the molecule is COCCOCCOc1c(F)cccc1CNC(C)C. The Balaban J connectivity index is 2.46. The van der Waals surface area contributed by atoms with Gasteiger partial charge in [0, 0.05) is 25.3 Å². The van der Waals surface area contributed by atoms with Crippen LogP contribution in [0.1, 0.15) is 19.4 Å². The summed E-state index contributed by atoms with van der Waals surface area (Å²) in [4.78, 5) is 0. The first-order chi connectivity index (χ1) is 9.65. The lowest BCUT2D eigenvalue weighted by Gasteiger charge is -2.14. The number of nitrogens with one attached hydrogen (secondary N) is 1. The van der Waals surface area contributed by atoms with E-state index in [0.717, 1.165) is 5.56 Å².